The lowest BCUT2D eigenvalue weighted by molar-refractivity contribution is -0.136. The summed E-state index contributed by atoms with van der Waals surface area (Å²) in [5, 5.41) is 5.76. The van der Waals surface area contributed by atoms with Crippen LogP contribution in [0.3, 0.4) is 0 Å². The van der Waals surface area contributed by atoms with Crippen LogP contribution in [0.2, 0.25) is 0 Å². The Kier molecular flexibility index (Phi) is 3.97. The number of benzene rings is 1. The summed E-state index contributed by atoms with van der Waals surface area (Å²) >= 11 is 0. The smallest absolute Gasteiger partial charge is 0.262 e. The number of nitrogens with zero attached hydrogens (tertiary/aromatic N) is 2. The lowest BCUT2D eigenvalue weighted by Gasteiger charge is -2.36. The van der Waals surface area contributed by atoms with Crippen molar-refractivity contribution < 1.29 is 19.2 Å². The summed E-state index contributed by atoms with van der Waals surface area (Å²) in [7, 11) is 0. The van der Waals surface area contributed by atoms with Crippen molar-refractivity contribution >= 4 is 29.3 Å². The quantitative estimate of drug-likeness (QED) is 0.713. The topological polar surface area (TPSA) is 98.8 Å². The Balaban J connectivity index is 1.40. The number of hydrogen-bond acceptors (Lipinski definition) is 6. The summed E-state index contributed by atoms with van der Waals surface area (Å²) < 4.78 is 0. The molecule has 8 nitrogen and oxygen atoms in total. The minimum atomic E-state index is -0.924. The van der Waals surface area contributed by atoms with Crippen molar-refractivity contribution in [2.24, 2.45) is 5.92 Å². The van der Waals surface area contributed by atoms with Crippen LogP contribution in [0.25, 0.3) is 0 Å². The van der Waals surface area contributed by atoms with E-state index < -0.39 is 23.8 Å². The second kappa shape index (κ2) is 6.41. The predicted octanol–water partition coefficient (Wildman–Crippen LogP) is 0.276. The molecule has 0 aromatic heterocycles. The number of fused-ring (bicyclic) bond motifs is 2. The van der Waals surface area contributed by atoms with Crippen LogP contribution in [-0.4, -0.2) is 60.2 Å². The maximum Gasteiger partial charge on any atom is 0.262 e. The lowest BCUT2D eigenvalue weighted by Crippen LogP contribution is -2.54. The Morgan fingerprint density at radius 2 is 1.79 bits per heavy atom. The molecule has 8 heteroatoms. The number of piperidine rings is 2. The first-order valence-corrected chi connectivity index (χ1v) is 9.87. The highest BCUT2D eigenvalue weighted by Crippen LogP contribution is 2.33. The first-order valence-electron chi connectivity index (χ1n) is 9.87. The van der Waals surface area contributed by atoms with Crippen molar-refractivity contribution in [2.45, 2.75) is 37.8 Å². The van der Waals surface area contributed by atoms with Crippen LogP contribution in [0.15, 0.2) is 18.2 Å². The second-order valence-corrected chi connectivity index (χ2v) is 8.02. The maximum absolute atomic E-state index is 13.0. The van der Waals surface area contributed by atoms with Gasteiger partial charge in [0.1, 0.15) is 6.04 Å². The van der Waals surface area contributed by atoms with Crippen molar-refractivity contribution in [2.75, 3.05) is 24.5 Å². The summed E-state index contributed by atoms with van der Waals surface area (Å²) in [6.45, 7) is 2.88. The molecule has 0 bridgehead atoms. The van der Waals surface area contributed by atoms with E-state index in [1.165, 1.54) is 6.42 Å². The molecular weight excluding hydrogens is 360 g/mol. The van der Waals surface area contributed by atoms with Crippen LogP contribution in [0.5, 0.6) is 0 Å². The van der Waals surface area contributed by atoms with E-state index in [2.05, 4.69) is 15.5 Å². The third-order valence-electron chi connectivity index (χ3n) is 6.47. The van der Waals surface area contributed by atoms with Gasteiger partial charge in [0.2, 0.25) is 11.8 Å². The molecule has 5 rings (SSSR count). The van der Waals surface area contributed by atoms with Gasteiger partial charge in [-0.3, -0.25) is 29.4 Å². The fraction of sp³-hybridized carbons (Fsp3) is 0.500. The van der Waals surface area contributed by atoms with Gasteiger partial charge in [-0.15, -0.1) is 0 Å². The van der Waals surface area contributed by atoms with Gasteiger partial charge in [0.25, 0.3) is 11.8 Å². The molecule has 0 spiro atoms. The highest BCUT2D eigenvalue weighted by atomic mass is 16.2. The molecular formula is C20H22N4O4. The molecule has 1 unspecified atom stereocenters. The molecule has 1 aromatic carbocycles. The normalized spacial score (nSPS) is 29.8. The molecule has 4 aliphatic rings. The Bertz CT molecular complexity index is 898. The third kappa shape index (κ3) is 2.63. The molecule has 3 saturated heterocycles. The van der Waals surface area contributed by atoms with Gasteiger partial charge in [-0.05, 0) is 49.9 Å². The van der Waals surface area contributed by atoms with E-state index in [1.807, 2.05) is 6.07 Å². The van der Waals surface area contributed by atoms with Gasteiger partial charge in [0.05, 0.1) is 11.1 Å². The number of rotatable bonds is 2. The van der Waals surface area contributed by atoms with E-state index in [0.29, 0.717) is 17.2 Å². The number of imide groups is 2. The van der Waals surface area contributed by atoms with Gasteiger partial charge in [-0.1, -0.05) is 0 Å². The molecule has 28 heavy (non-hydrogen) atoms. The molecule has 3 fully saturated rings. The largest absolute Gasteiger partial charge is 0.370 e. The highest BCUT2D eigenvalue weighted by molar-refractivity contribution is 6.23. The molecule has 4 heterocycles. The van der Waals surface area contributed by atoms with Crippen molar-refractivity contribution in [1.82, 2.24) is 15.5 Å². The summed E-state index contributed by atoms with van der Waals surface area (Å²) in [4.78, 5) is 52.6. The molecule has 2 N–H and O–H groups in total. The number of hydrogen-bond donors (Lipinski definition) is 2. The van der Waals surface area contributed by atoms with E-state index in [4.69, 9.17) is 0 Å². The minimum absolute atomic E-state index is 0.123. The Morgan fingerprint density at radius 1 is 0.964 bits per heavy atom. The number of amides is 4. The van der Waals surface area contributed by atoms with Gasteiger partial charge >= 0.3 is 0 Å². The lowest BCUT2D eigenvalue weighted by atomic mass is 9.92. The van der Waals surface area contributed by atoms with Crippen LogP contribution in [0, 0.1) is 5.92 Å². The zero-order valence-corrected chi connectivity index (χ0v) is 15.4. The van der Waals surface area contributed by atoms with Crippen LogP contribution < -0.4 is 15.5 Å². The second-order valence-electron chi connectivity index (χ2n) is 8.02. The van der Waals surface area contributed by atoms with E-state index >= 15 is 0 Å². The summed E-state index contributed by atoms with van der Waals surface area (Å²) in [5.74, 6) is -1.15. The minimum Gasteiger partial charge on any atom is -0.370 e. The average Bonchev–Trinajstić information content (AvgIpc) is 3.25. The van der Waals surface area contributed by atoms with E-state index in [-0.39, 0.29) is 18.7 Å². The van der Waals surface area contributed by atoms with E-state index in [0.717, 1.165) is 42.6 Å². The van der Waals surface area contributed by atoms with Crippen molar-refractivity contribution in [1.29, 1.82) is 0 Å². The van der Waals surface area contributed by atoms with Gasteiger partial charge in [-0.2, -0.15) is 0 Å². The molecule has 4 amide bonds. The number of nitrogens with one attached hydrogen (secondary N) is 2. The predicted molar refractivity (Wildman–Crippen MR) is 99.8 cm³/mol. The molecule has 0 aliphatic carbocycles. The molecule has 1 aromatic rings. The first kappa shape index (κ1) is 17.4. The Morgan fingerprint density at radius 3 is 2.61 bits per heavy atom. The fourth-order valence-corrected chi connectivity index (χ4v) is 4.92. The molecule has 146 valence electrons. The van der Waals surface area contributed by atoms with Gasteiger partial charge in [0.15, 0.2) is 0 Å². The molecule has 3 atom stereocenters. The SMILES string of the molecule is O=C1CCC(N2C(=O)c3ccc(N4CC[C@@H]5CCN[C@@H]5C4)cc3C2=O)C(=O)N1. The first-order chi connectivity index (χ1) is 13.5. The molecule has 4 aliphatic heterocycles. The number of carbonyl (C=O) groups excluding carboxylic acids is 4. The zero-order valence-electron chi connectivity index (χ0n) is 15.4. The monoisotopic (exact) mass is 382 g/mol. The zero-order chi connectivity index (χ0) is 19.4. The van der Waals surface area contributed by atoms with Gasteiger partial charge < -0.3 is 10.2 Å². The summed E-state index contributed by atoms with van der Waals surface area (Å²) in [5.41, 5.74) is 1.60. The molecule has 0 radical (unpaired) electrons. The average molecular weight is 382 g/mol. The fourth-order valence-electron chi connectivity index (χ4n) is 4.92. The summed E-state index contributed by atoms with van der Waals surface area (Å²) in [6, 6.07) is 4.89. The van der Waals surface area contributed by atoms with Crippen LogP contribution in [0.1, 0.15) is 46.4 Å². The molecule has 0 saturated carbocycles. The van der Waals surface area contributed by atoms with Crippen LogP contribution >= 0.6 is 0 Å². The summed E-state index contributed by atoms with van der Waals surface area (Å²) in [6.07, 6.45) is 2.63. The van der Waals surface area contributed by atoms with Crippen molar-refractivity contribution in [3.63, 3.8) is 0 Å². The maximum atomic E-state index is 13.0. The Hall–Kier alpha value is -2.74. The van der Waals surface area contributed by atoms with Crippen molar-refractivity contribution in [3.8, 4) is 0 Å². The Labute approximate surface area is 162 Å². The highest BCUT2D eigenvalue weighted by Gasteiger charge is 2.45. The van der Waals surface area contributed by atoms with Crippen LogP contribution in [0.4, 0.5) is 5.69 Å². The van der Waals surface area contributed by atoms with Crippen molar-refractivity contribution in [3.05, 3.63) is 29.3 Å². The number of anilines is 1. The third-order valence-corrected chi connectivity index (χ3v) is 6.47. The van der Waals surface area contributed by atoms with E-state index in [9.17, 15) is 19.2 Å². The van der Waals surface area contributed by atoms with Gasteiger partial charge in [0, 0.05) is 31.2 Å². The van der Waals surface area contributed by atoms with E-state index in [1.54, 1.807) is 12.1 Å². The standard InChI is InChI=1S/C20H22N4O4/c25-17-4-3-16(18(26)22-17)24-19(27)13-2-1-12(9-14(13)20(24)28)23-8-6-11-5-7-21-15(11)10-23/h1-2,9,11,15-16,21H,3-8,10H2,(H,22,25,26)/t11-,15+,16?/m0/s1. The number of carbonyl (C=O) groups is 4. The van der Waals surface area contributed by atoms with Gasteiger partial charge in [-0.25, -0.2) is 0 Å². The van der Waals surface area contributed by atoms with Crippen LogP contribution in [-0.2, 0) is 9.59 Å².